The third-order valence-electron chi connectivity index (χ3n) is 4.26. The SMILES string of the molecule is O=C(NC1(c2nn[nH]n2)CCSC1)[C@@H]1C[C@H]1c1ccsc1. The average molecular weight is 321 g/mol. The summed E-state index contributed by atoms with van der Waals surface area (Å²) in [4.78, 5) is 12.6. The van der Waals surface area contributed by atoms with Gasteiger partial charge in [-0.25, -0.2) is 0 Å². The Balaban J connectivity index is 1.49. The summed E-state index contributed by atoms with van der Waals surface area (Å²) in [6, 6.07) is 2.11. The molecule has 6 nitrogen and oxygen atoms in total. The third-order valence-corrected chi connectivity index (χ3v) is 6.15. The highest BCUT2D eigenvalue weighted by molar-refractivity contribution is 7.99. The lowest BCUT2D eigenvalue weighted by molar-refractivity contribution is -0.124. The normalized spacial score (nSPS) is 31.2. The van der Waals surface area contributed by atoms with E-state index in [4.69, 9.17) is 0 Å². The molecule has 3 heterocycles. The number of H-pyrrole nitrogens is 1. The van der Waals surface area contributed by atoms with E-state index >= 15 is 0 Å². The number of hydrogen-bond acceptors (Lipinski definition) is 6. The lowest BCUT2D eigenvalue weighted by Gasteiger charge is -2.26. The molecule has 2 aliphatic rings. The molecular formula is C13H15N5OS2. The van der Waals surface area contributed by atoms with E-state index < -0.39 is 5.54 Å². The number of thioether (sulfide) groups is 1. The molecule has 0 spiro atoms. The Labute approximate surface area is 130 Å². The number of aromatic nitrogens is 4. The maximum atomic E-state index is 12.6. The number of nitrogens with zero attached hydrogens (tertiary/aromatic N) is 3. The Bertz CT molecular complexity index is 621. The Morgan fingerprint density at radius 1 is 1.52 bits per heavy atom. The molecule has 1 aliphatic carbocycles. The standard InChI is InChI=1S/C13H15N5OS2/c19-11(10-5-9(10)8-1-3-20-6-8)14-13(2-4-21-7-13)12-15-17-18-16-12/h1,3,6,9-10H,2,4-5,7H2,(H,14,19)(H,15,16,17,18)/t9-,10+,13?/m0/s1. The fourth-order valence-electron chi connectivity index (χ4n) is 2.93. The molecular weight excluding hydrogens is 306 g/mol. The topological polar surface area (TPSA) is 83.6 Å². The van der Waals surface area contributed by atoms with Crippen LogP contribution >= 0.6 is 23.1 Å². The summed E-state index contributed by atoms with van der Waals surface area (Å²) in [5.74, 6) is 3.02. The van der Waals surface area contributed by atoms with Gasteiger partial charge in [0.05, 0.1) is 0 Å². The lowest BCUT2D eigenvalue weighted by atomic mass is 9.97. The predicted octanol–water partition coefficient (Wildman–Crippen LogP) is 1.51. The van der Waals surface area contributed by atoms with Gasteiger partial charge in [-0.3, -0.25) is 4.79 Å². The molecule has 0 radical (unpaired) electrons. The van der Waals surface area contributed by atoms with Crippen LogP contribution in [0.1, 0.15) is 30.1 Å². The van der Waals surface area contributed by atoms with Crippen molar-refractivity contribution in [1.82, 2.24) is 25.9 Å². The molecule has 21 heavy (non-hydrogen) atoms. The summed E-state index contributed by atoms with van der Waals surface area (Å²) in [7, 11) is 0. The van der Waals surface area contributed by atoms with Crippen LogP contribution in [0, 0.1) is 5.92 Å². The fourth-order valence-corrected chi connectivity index (χ4v) is 4.98. The van der Waals surface area contributed by atoms with Gasteiger partial charge in [0.2, 0.25) is 11.7 Å². The highest BCUT2D eigenvalue weighted by Crippen LogP contribution is 2.49. The van der Waals surface area contributed by atoms with E-state index in [2.05, 4.69) is 42.8 Å². The molecule has 0 bridgehead atoms. The van der Waals surface area contributed by atoms with Crippen LogP contribution in [0.2, 0.25) is 0 Å². The fraction of sp³-hybridized carbons (Fsp3) is 0.538. The molecule has 1 aliphatic heterocycles. The molecule has 1 saturated carbocycles. The number of tetrazole rings is 1. The number of aromatic amines is 1. The van der Waals surface area contributed by atoms with Crippen molar-refractivity contribution in [2.45, 2.75) is 24.3 Å². The number of amides is 1. The van der Waals surface area contributed by atoms with Gasteiger partial charge in [0.25, 0.3) is 0 Å². The van der Waals surface area contributed by atoms with Crippen molar-refractivity contribution in [3.63, 3.8) is 0 Å². The zero-order valence-electron chi connectivity index (χ0n) is 11.3. The summed E-state index contributed by atoms with van der Waals surface area (Å²) in [6.45, 7) is 0. The van der Waals surface area contributed by atoms with Gasteiger partial charge in [0.15, 0.2) is 0 Å². The van der Waals surface area contributed by atoms with Gasteiger partial charge in [0, 0.05) is 11.7 Å². The van der Waals surface area contributed by atoms with Crippen molar-refractivity contribution in [3.8, 4) is 0 Å². The number of carbonyl (C=O) groups excluding carboxylic acids is 1. The maximum Gasteiger partial charge on any atom is 0.224 e. The van der Waals surface area contributed by atoms with Crippen molar-refractivity contribution in [1.29, 1.82) is 0 Å². The molecule has 110 valence electrons. The minimum absolute atomic E-state index is 0.0916. The first-order valence-corrected chi connectivity index (χ1v) is 9.04. The second-order valence-corrected chi connectivity index (χ2v) is 7.50. The average Bonchev–Trinajstić information content (AvgIpc) is 3.00. The maximum absolute atomic E-state index is 12.6. The van der Waals surface area contributed by atoms with E-state index in [0.717, 1.165) is 24.3 Å². The Morgan fingerprint density at radius 2 is 2.48 bits per heavy atom. The Kier molecular flexibility index (Phi) is 3.22. The lowest BCUT2D eigenvalue weighted by Crippen LogP contribution is -2.47. The molecule has 2 aromatic heterocycles. The molecule has 1 unspecified atom stereocenters. The van der Waals surface area contributed by atoms with E-state index in [-0.39, 0.29) is 11.8 Å². The van der Waals surface area contributed by atoms with Crippen LogP contribution in [0.3, 0.4) is 0 Å². The van der Waals surface area contributed by atoms with Crippen LogP contribution in [0.15, 0.2) is 16.8 Å². The van der Waals surface area contributed by atoms with Gasteiger partial charge in [0.1, 0.15) is 5.54 Å². The molecule has 2 aromatic rings. The molecule has 0 aromatic carbocycles. The molecule has 4 rings (SSSR count). The third kappa shape index (κ3) is 2.36. The van der Waals surface area contributed by atoms with Crippen molar-refractivity contribution in [3.05, 3.63) is 28.2 Å². The van der Waals surface area contributed by atoms with Crippen molar-refractivity contribution in [2.24, 2.45) is 5.92 Å². The number of thiophene rings is 1. The second-order valence-electron chi connectivity index (χ2n) is 5.61. The highest BCUT2D eigenvalue weighted by atomic mass is 32.2. The van der Waals surface area contributed by atoms with Gasteiger partial charge in [-0.2, -0.15) is 28.3 Å². The van der Waals surface area contributed by atoms with Gasteiger partial charge in [-0.1, -0.05) is 5.21 Å². The first kappa shape index (κ1) is 13.3. The van der Waals surface area contributed by atoms with Gasteiger partial charge < -0.3 is 5.32 Å². The monoisotopic (exact) mass is 321 g/mol. The van der Waals surface area contributed by atoms with Gasteiger partial charge in [-0.05, 0) is 46.9 Å². The molecule has 1 saturated heterocycles. The number of rotatable bonds is 4. The Hall–Kier alpha value is -1.41. The van der Waals surface area contributed by atoms with E-state index in [9.17, 15) is 4.79 Å². The van der Waals surface area contributed by atoms with Crippen LogP contribution in [-0.4, -0.2) is 38.0 Å². The number of nitrogens with one attached hydrogen (secondary N) is 2. The van der Waals surface area contributed by atoms with Gasteiger partial charge >= 0.3 is 0 Å². The largest absolute Gasteiger partial charge is 0.342 e. The summed E-state index contributed by atoms with van der Waals surface area (Å²) in [5, 5.41) is 21.7. The summed E-state index contributed by atoms with van der Waals surface area (Å²) < 4.78 is 0. The molecule has 2 fully saturated rings. The predicted molar refractivity (Wildman–Crippen MR) is 81.1 cm³/mol. The van der Waals surface area contributed by atoms with Crippen molar-refractivity contribution < 1.29 is 4.79 Å². The summed E-state index contributed by atoms with van der Waals surface area (Å²) in [5.41, 5.74) is 0.839. The second kappa shape index (κ2) is 5.10. The quantitative estimate of drug-likeness (QED) is 0.892. The van der Waals surface area contributed by atoms with Gasteiger partial charge in [-0.15, -0.1) is 10.2 Å². The zero-order valence-corrected chi connectivity index (χ0v) is 12.9. The van der Waals surface area contributed by atoms with Crippen LogP contribution < -0.4 is 5.32 Å². The van der Waals surface area contributed by atoms with Crippen molar-refractivity contribution in [2.75, 3.05) is 11.5 Å². The molecule has 8 heteroatoms. The van der Waals surface area contributed by atoms with E-state index in [1.807, 2.05) is 11.8 Å². The van der Waals surface area contributed by atoms with E-state index in [1.165, 1.54) is 5.56 Å². The van der Waals surface area contributed by atoms with E-state index in [1.54, 1.807) is 11.3 Å². The summed E-state index contributed by atoms with van der Waals surface area (Å²) >= 11 is 3.50. The smallest absolute Gasteiger partial charge is 0.224 e. The zero-order chi connectivity index (χ0) is 14.3. The van der Waals surface area contributed by atoms with E-state index in [0.29, 0.717) is 11.7 Å². The molecule has 1 amide bonds. The van der Waals surface area contributed by atoms with Crippen LogP contribution in [0.4, 0.5) is 0 Å². The highest BCUT2D eigenvalue weighted by Gasteiger charge is 2.48. The van der Waals surface area contributed by atoms with Crippen LogP contribution in [-0.2, 0) is 10.3 Å². The minimum atomic E-state index is -0.448. The van der Waals surface area contributed by atoms with Crippen LogP contribution in [0.25, 0.3) is 0 Å². The minimum Gasteiger partial charge on any atom is -0.342 e. The first-order valence-electron chi connectivity index (χ1n) is 6.94. The van der Waals surface area contributed by atoms with Crippen molar-refractivity contribution >= 4 is 29.0 Å². The molecule has 3 atom stereocenters. The Morgan fingerprint density at radius 3 is 3.14 bits per heavy atom. The number of carbonyl (C=O) groups is 1. The van der Waals surface area contributed by atoms with Crippen LogP contribution in [0.5, 0.6) is 0 Å². The summed E-state index contributed by atoms with van der Waals surface area (Å²) in [6.07, 6.45) is 1.80. The first-order chi connectivity index (χ1) is 10.3. The number of hydrogen-bond donors (Lipinski definition) is 2. The molecule has 2 N–H and O–H groups in total.